The number of ether oxygens (including phenoxy) is 1. The molecule has 31 heavy (non-hydrogen) atoms. The molecule has 0 aliphatic rings. The van der Waals surface area contributed by atoms with E-state index in [4.69, 9.17) is 4.74 Å². The molecule has 0 spiro atoms. The third kappa shape index (κ3) is 8.94. The highest BCUT2D eigenvalue weighted by Crippen LogP contribution is 2.27. The molecular formula is C23H29N3O5. The zero-order chi connectivity index (χ0) is 22.5. The standard InChI is InChI=1S/C23H29N3O5/c1-2-3-4-5-6-7-8-9-14-31-23-12-10-19(11-13-23)18-24-20-15-21(25(27)28)17-22(16-20)26(29)30/h10-13,15-18H,2-9,14H2,1H3/b24-18-. The third-order valence-electron chi connectivity index (χ3n) is 4.82. The molecule has 0 heterocycles. The van der Waals surface area contributed by atoms with Crippen LogP contribution in [0.15, 0.2) is 47.5 Å². The highest BCUT2D eigenvalue weighted by atomic mass is 16.6. The maximum Gasteiger partial charge on any atom is 0.278 e. The van der Waals surface area contributed by atoms with E-state index in [9.17, 15) is 20.2 Å². The van der Waals surface area contributed by atoms with Gasteiger partial charge in [0.25, 0.3) is 11.4 Å². The smallest absolute Gasteiger partial charge is 0.278 e. The molecule has 0 atom stereocenters. The minimum atomic E-state index is -0.676. The number of aliphatic imine (C=N–C) groups is 1. The summed E-state index contributed by atoms with van der Waals surface area (Å²) in [7, 11) is 0. The molecule has 0 bridgehead atoms. The number of hydrogen-bond donors (Lipinski definition) is 0. The first-order chi connectivity index (χ1) is 15.0. The number of non-ortho nitro benzene ring substituents is 2. The Morgan fingerprint density at radius 3 is 1.94 bits per heavy atom. The third-order valence-corrected chi connectivity index (χ3v) is 4.82. The van der Waals surface area contributed by atoms with E-state index in [-0.39, 0.29) is 17.1 Å². The summed E-state index contributed by atoms with van der Waals surface area (Å²) in [5.74, 6) is 0.770. The molecule has 0 saturated carbocycles. The van der Waals surface area contributed by atoms with Gasteiger partial charge in [0.1, 0.15) is 5.75 Å². The van der Waals surface area contributed by atoms with Gasteiger partial charge in [-0.25, -0.2) is 0 Å². The molecule has 166 valence electrons. The van der Waals surface area contributed by atoms with Gasteiger partial charge in [-0.3, -0.25) is 25.2 Å². The lowest BCUT2D eigenvalue weighted by molar-refractivity contribution is -0.394. The van der Waals surface area contributed by atoms with E-state index < -0.39 is 9.85 Å². The maximum atomic E-state index is 11.0. The van der Waals surface area contributed by atoms with Gasteiger partial charge in [0, 0.05) is 18.3 Å². The van der Waals surface area contributed by atoms with Crippen molar-refractivity contribution in [1.82, 2.24) is 0 Å². The largest absolute Gasteiger partial charge is 0.494 e. The van der Waals surface area contributed by atoms with Crippen molar-refractivity contribution < 1.29 is 14.6 Å². The van der Waals surface area contributed by atoms with Crippen LogP contribution in [0.2, 0.25) is 0 Å². The summed E-state index contributed by atoms with van der Waals surface area (Å²) in [4.78, 5) is 24.7. The van der Waals surface area contributed by atoms with Gasteiger partial charge >= 0.3 is 0 Å². The Kier molecular flexibility index (Phi) is 10.1. The number of benzene rings is 2. The molecule has 0 aliphatic carbocycles. The van der Waals surface area contributed by atoms with E-state index in [1.807, 2.05) is 24.3 Å². The lowest BCUT2D eigenvalue weighted by Gasteiger charge is -2.06. The normalized spacial score (nSPS) is 11.0. The van der Waals surface area contributed by atoms with Gasteiger partial charge in [-0.1, -0.05) is 51.9 Å². The Bertz CT molecular complexity index is 849. The van der Waals surface area contributed by atoms with Crippen LogP contribution < -0.4 is 4.74 Å². The zero-order valence-electron chi connectivity index (χ0n) is 17.9. The van der Waals surface area contributed by atoms with E-state index in [0.717, 1.165) is 23.8 Å². The second-order valence-electron chi connectivity index (χ2n) is 7.37. The Hall–Kier alpha value is -3.29. The van der Waals surface area contributed by atoms with Crippen LogP contribution in [0.3, 0.4) is 0 Å². The first kappa shape index (κ1) is 24.0. The van der Waals surface area contributed by atoms with Gasteiger partial charge in [-0.15, -0.1) is 0 Å². The van der Waals surface area contributed by atoms with Crippen molar-refractivity contribution in [2.24, 2.45) is 4.99 Å². The predicted molar refractivity (Wildman–Crippen MR) is 122 cm³/mol. The number of nitro benzene ring substituents is 2. The quantitative estimate of drug-likeness (QED) is 0.143. The summed E-state index contributed by atoms with van der Waals surface area (Å²) < 4.78 is 5.76. The molecule has 8 nitrogen and oxygen atoms in total. The maximum absolute atomic E-state index is 11.0. The lowest BCUT2D eigenvalue weighted by Crippen LogP contribution is -1.97. The van der Waals surface area contributed by atoms with Crippen LogP contribution in [-0.2, 0) is 0 Å². The highest BCUT2D eigenvalue weighted by Gasteiger charge is 2.15. The molecular weight excluding hydrogens is 398 g/mol. The fraction of sp³-hybridized carbons (Fsp3) is 0.435. The molecule has 0 aliphatic heterocycles. The van der Waals surface area contributed by atoms with Gasteiger partial charge in [-0.05, 0) is 36.2 Å². The van der Waals surface area contributed by atoms with Crippen molar-refractivity contribution in [3.63, 3.8) is 0 Å². The number of unbranched alkanes of at least 4 members (excludes halogenated alkanes) is 7. The molecule has 0 amide bonds. The van der Waals surface area contributed by atoms with E-state index in [2.05, 4.69) is 11.9 Å². The zero-order valence-corrected chi connectivity index (χ0v) is 17.9. The van der Waals surface area contributed by atoms with Crippen molar-refractivity contribution in [1.29, 1.82) is 0 Å². The summed E-state index contributed by atoms with van der Waals surface area (Å²) in [6.07, 6.45) is 11.5. The SMILES string of the molecule is CCCCCCCCCCOc1ccc(/C=N\c2cc([N+](=O)[O-])cc([N+](=O)[O-])c2)cc1. The second-order valence-corrected chi connectivity index (χ2v) is 7.37. The van der Waals surface area contributed by atoms with Crippen molar-refractivity contribution in [2.75, 3.05) is 6.61 Å². The summed E-state index contributed by atoms with van der Waals surface area (Å²) in [6, 6.07) is 10.6. The molecule has 2 aromatic carbocycles. The minimum Gasteiger partial charge on any atom is -0.494 e. The molecule has 0 fully saturated rings. The van der Waals surface area contributed by atoms with Gasteiger partial charge in [0.05, 0.1) is 28.2 Å². The molecule has 2 rings (SSSR count). The number of hydrogen-bond acceptors (Lipinski definition) is 6. The van der Waals surface area contributed by atoms with Crippen LogP contribution in [0, 0.1) is 20.2 Å². The number of nitro groups is 2. The predicted octanol–water partition coefficient (Wildman–Crippen LogP) is 6.77. The molecule has 0 N–H and O–H groups in total. The topological polar surface area (TPSA) is 108 Å². The van der Waals surface area contributed by atoms with Crippen LogP contribution in [-0.4, -0.2) is 22.7 Å². The Morgan fingerprint density at radius 1 is 0.839 bits per heavy atom. The molecule has 8 heteroatoms. The van der Waals surface area contributed by atoms with E-state index in [1.165, 1.54) is 63.3 Å². The van der Waals surface area contributed by atoms with Crippen LogP contribution in [0.1, 0.15) is 63.9 Å². The average molecular weight is 428 g/mol. The fourth-order valence-corrected chi connectivity index (χ4v) is 3.09. The molecule has 2 aromatic rings. The number of nitrogens with zero attached hydrogens (tertiary/aromatic N) is 3. The van der Waals surface area contributed by atoms with Crippen molar-refractivity contribution in [2.45, 2.75) is 58.3 Å². The van der Waals surface area contributed by atoms with E-state index in [0.29, 0.717) is 6.61 Å². The van der Waals surface area contributed by atoms with Crippen LogP contribution in [0.25, 0.3) is 0 Å². The van der Waals surface area contributed by atoms with Gasteiger partial charge < -0.3 is 4.74 Å². The summed E-state index contributed by atoms with van der Waals surface area (Å²) >= 11 is 0. The Balaban J connectivity index is 1.81. The second kappa shape index (κ2) is 13.1. The van der Waals surface area contributed by atoms with Crippen molar-refractivity contribution in [3.05, 3.63) is 68.3 Å². The lowest BCUT2D eigenvalue weighted by atomic mass is 10.1. The summed E-state index contributed by atoms with van der Waals surface area (Å²) in [5, 5.41) is 21.9. The van der Waals surface area contributed by atoms with Crippen molar-refractivity contribution in [3.8, 4) is 5.75 Å². The first-order valence-electron chi connectivity index (χ1n) is 10.7. The van der Waals surface area contributed by atoms with Crippen LogP contribution in [0.5, 0.6) is 5.75 Å². The Morgan fingerprint density at radius 2 is 1.39 bits per heavy atom. The monoisotopic (exact) mass is 427 g/mol. The van der Waals surface area contributed by atoms with E-state index in [1.54, 1.807) is 0 Å². The van der Waals surface area contributed by atoms with E-state index >= 15 is 0 Å². The molecule has 0 radical (unpaired) electrons. The molecule has 0 unspecified atom stereocenters. The molecule has 0 aromatic heterocycles. The van der Waals surface area contributed by atoms with Crippen LogP contribution >= 0.6 is 0 Å². The summed E-state index contributed by atoms with van der Waals surface area (Å²) in [6.45, 7) is 2.90. The van der Waals surface area contributed by atoms with Crippen molar-refractivity contribution >= 4 is 23.3 Å². The van der Waals surface area contributed by atoms with Crippen LogP contribution in [0.4, 0.5) is 17.1 Å². The Labute approximate surface area is 182 Å². The fourth-order valence-electron chi connectivity index (χ4n) is 3.09. The number of rotatable bonds is 14. The summed E-state index contributed by atoms with van der Waals surface area (Å²) in [5.41, 5.74) is 0.168. The van der Waals surface area contributed by atoms with Gasteiger partial charge in [0.15, 0.2) is 0 Å². The van der Waals surface area contributed by atoms with Gasteiger partial charge in [0.2, 0.25) is 0 Å². The van der Waals surface area contributed by atoms with Gasteiger partial charge in [-0.2, -0.15) is 0 Å². The highest BCUT2D eigenvalue weighted by molar-refractivity contribution is 5.82. The molecule has 0 saturated heterocycles. The minimum absolute atomic E-state index is 0.149. The average Bonchev–Trinajstić information content (AvgIpc) is 2.77. The first-order valence-corrected chi connectivity index (χ1v) is 10.7.